The SMILES string of the molecule is NC1CCC(Sc2ccc([N+](=O)[O-])cc2)C1. The summed E-state index contributed by atoms with van der Waals surface area (Å²) in [5.41, 5.74) is 5.99. The van der Waals surface area contributed by atoms with Crippen LogP contribution >= 0.6 is 11.8 Å². The van der Waals surface area contributed by atoms with Crippen LogP contribution < -0.4 is 5.73 Å². The lowest BCUT2D eigenvalue weighted by Crippen LogP contribution is -2.15. The van der Waals surface area contributed by atoms with E-state index < -0.39 is 0 Å². The van der Waals surface area contributed by atoms with E-state index >= 15 is 0 Å². The minimum Gasteiger partial charge on any atom is -0.328 e. The summed E-state index contributed by atoms with van der Waals surface area (Å²) < 4.78 is 0. The van der Waals surface area contributed by atoms with E-state index in [1.807, 2.05) is 12.1 Å². The summed E-state index contributed by atoms with van der Waals surface area (Å²) in [7, 11) is 0. The van der Waals surface area contributed by atoms with Crippen molar-refractivity contribution in [2.45, 2.75) is 35.4 Å². The molecule has 1 aliphatic rings. The quantitative estimate of drug-likeness (QED) is 0.649. The number of rotatable bonds is 3. The van der Waals surface area contributed by atoms with Crippen LogP contribution in [0.1, 0.15) is 19.3 Å². The molecule has 0 amide bonds. The average Bonchev–Trinajstić information content (AvgIpc) is 2.65. The fourth-order valence-electron chi connectivity index (χ4n) is 1.92. The number of non-ortho nitro benzene ring substituents is 1. The zero-order valence-electron chi connectivity index (χ0n) is 8.83. The number of hydrogen-bond donors (Lipinski definition) is 1. The Labute approximate surface area is 98.4 Å². The molecule has 4 nitrogen and oxygen atoms in total. The van der Waals surface area contributed by atoms with Crippen LogP contribution in [-0.2, 0) is 0 Å². The van der Waals surface area contributed by atoms with E-state index in [0.29, 0.717) is 11.3 Å². The second kappa shape index (κ2) is 4.84. The summed E-state index contributed by atoms with van der Waals surface area (Å²) in [6.07, 6.45) is 3.27. The van der Waals surface area contributed by atoms with Crippen molar-refractivity contribution in [3.8, 4) is 0 Å². The second-order valence-corrected chi connectivity index (χ2v) is 5.44. The Hall–Kier alpha value is -1.07. The van der Waals surface area contributed by atoms with Crippen molar-refractivity contribution < 1.29 is 4.92 Å². The van der Waals surface area contributed by atoms with Gasteiger partial charge in [-0.25, -0.2) is 0 Å². The molecule has 5 heteroatoms. The smallest absolute Gasteiger partial charge is 0.269 e. The van der Waals surface area contributed by atoms with Crippen molar-refractivity contribution in [3.05, 3.63) is 34.4 Å². The predicted molar refractivity (Wildman–Crippen MR) is 64.6 cm³/mol. The number of nitrogens with zero attached hydrogens (tertiary/aromatic N) is 1. The first-order valence-corrected chi connectivity index (χ1v) is 6.20. The molecule has 2 rings (SSSR count). The molecule has 1 aromatic carbocycles. The van der Waals surface area contributed by atoms with Crippen molar-refractivity contribution in [1.82, 2.24) is 0 Å². The Morgan fingerprint density at radius 2 is 2.00 bits per heavy atom. The van der Waals surface area contributed by atoms with E-state index in [1.165, 1.54) is 0 Å². The number of nitro groups is 1. The van der Waals surface area contributed by atoms with Crippen LogP contribution in [0.3, 0.4) is 0 Å². The molecule has 0 heterocycles. The van der Waals surface area contributed by atoms with Gasteiger partial charge in [0, 0.05) is 28.3 Å². The Morgan fingerprint density at radius 1 is 1.31 bits per heavy atom. The molecule has 0 radical (unpaired) electrons. The van der Waals surface area contributed by atoms with Gasteiger partial charge in [-0.2, -0.15) is 0 Å². The molecule has 0 bridgehead atoms. The summed E-state index contributed by atoms with van der Waals surface area (Å²) in [5, 5.41) is 11.0. The van der Waals surface area contributed by atoms with Gasteiger partial charge in [0.25, 0.3) is 5.69 Å². The van der Waals surface area contributed by atoms with E-state index in [0.717, 1.165) is 24.2 Å². The molecular weight excluding hydrogens is 224 g/mol. The number of nitrogens with two attached hydrogens (primary N) is 1. The van der Waals surface area contributed by atoms with Crippen molar-refractivity contribution in [1.29, 1.82) is 0 Å². The summed E-state index contributed by atoms with van der Waals surface area (Å²) in [5.74, 6) is 0. The Balaban J connectivity index is 1.97. The summed E-state index contributed by atoms with van der Waals surface area (Å²) >= 11 is 1.77. The number of thioether (sulfide) groups is 1. The minimum atomic E-state index is -0.375. The van der Waals surface area contributed by atoms with E-state index in [4.69, 9.17) is 5.73 Å². The molecule has 16 heavy (non-hydrogen) atoms. The van der Waals surface area contributed by atoms with Crippen LogP contribution in [-0.4, -0.2) is 16.2 Å². The highest BCUT2D eigenvalue weighted by atomic mass is 32.2. The molecule has 1 saturated carbocycles. The van der Waals surface area contributed by atoms with Crippen molar-refractivity contribution in [3.63, 3.8) is 0 Å². The number of hydrogen-bond acceptors (Lipinski definition) is 4. The van der Waals surface area contributed by atoms with Crippen LogP contribution in [0.2, 0.25) is 0 Å². The van der Waals surface area contributed by atoms with E-state index in [-0.39, 0.29) is 10.6 Å². The van der Waals surface area contributed by atoms with Crippen LogP contribution in [0.25, 0.3) is 0 Å². The van der Waals surface area contributed by atoms with Gasteiger partial charge in [-0.1, -0.05) is 0 Å². The third-order valence-electron chi connectivity index (χ3n) is 2.78. The Morgan fingerprint density at radius 3 is 2.50 bits per heavy atom. The second-order valence-electron chi connectivity index (χ2n) is 4.06. The lowest BCUT2D eigenvalue weighted by Gasteiger charge is -2.08. The highest BCUT2D eigenvalue weighted by molar-refractivity contribution is 8.00. The van der Waals surface area contributed by atoms with Gasteiger partial charge >= 0.3 is 0 Å². The Bertz CT molecular complexity index is 380. The largest absolute Gasteiger partial charge is 0.328 e. The number of nitro benzene ring substituents is 1. The zero-order valence-corrected chi connectivity index (χ0v) is 9.65. The van der Waals surface area contributed by atoms with Crippen molar-refractivity contribution in [2.24, 2.45) is 5.73 Å². The molecule has 1 fully saturated rings. The first kappa shape index (κ1) is 11.4. The fraction of sp³-hybridized carbons (Fsp3) is 0.455. The highest BCUT2D eigenvalue weighted by Crippen LogP contribution is 2.34. The van der Waals surface area contributed by atoms with Gasteiger partial charge < -0.3 is 5.73 Å². The maximum Gasteiger partial charge on any atom is 0.269 e. The summed E-state index contributed by atoms with van der Waals surface area (Å²) in [6, 6.07) is 7.06. The third-order valence-corrected chi connectivity index (χ3v) is 4.08. The van der Waals surface area contributed by atoms with Crippen LogP contribution in [0.4, 0.5) is 5.69 Å². The van der Waals surface area contributed by atoms with Gasteiger partial charge in [0.15, 0.2) is 0 Å². The first-order chi connectivity index (χ1) is 7.65. The van der Waals surface area contributed by atoms with Crippen LogP contribution in [0.15, 0.2) is 29.2 Å². The number of benzene rings is 1. The minimum absolute atomic E-state index is 0.146. The molecule has 0 aliphatic heterocycles. The molecule has 2 unspecified atom stereocenters. The molecular formula is C11H14N2O2S. The predicted octanol–water partition coefficient (Wildman–Crippen LogP) is 2.57. The van der Waals surface area contributed by atoms with Gasteiger partial charge in [-0.15, -0.1) is 11.8 Å². The zero-order chi connectivity index (χ0) is 11.5. The third kappa shape index (κ3) is 2.74. The maximum absolute atomic E-state index is 10.5. The van der Waals surface area contributed by atoms with E-state index in [1.54, 1.807) is 23.9 Å². The molecule has 0 aromatic heterocycles. The molecule has 0 spiro atoms. The first-order valence-electron chi connectivity index (χ1n) is 5.32. The fourth-order valence-corrected chi connectivity index (χ4v) is 3.19. The molecule has 2 N–H and O–H groups in total. The summed E-state index contributed by atoms with van der Waals surface area (Å²) in [4.78, 5) is 11.2. The molecule has 1 aromatic rings. The van der Waals surface area contributed by atoms with Crippen LogP contribution in [0, 0.1) is 10.1 Å². The van der Waals surface area contributed by atoms with Crippen LogP contribution in [0.5, 0.6) is 0 Å². The van der Waals surface area contributed by atoms with Gasteiger partial charge in [0.05, 0.1) is 4.92 Å². The molecule has 0 saturated heterocycles. The standard InChI is InChI=1S/C11H14N2O2S/c12-8-1-4-11(7-8)16-10-5-2-9(3-6-10)13(14)15/h2-3,5-6,8,11H,1,4,7,12H2. The lowest BCUT2D eigenvalue weighted by atomic mass is 10.3. The van der Waals surface area contributed by atoms with Gasteiger partial charge in [0.1, 0.15) is 0 Å². The summed E-state index contributed by atoms with van der Waals surface area (Å²) in [6.45, 7) is 0. The average molecular weight is 238 g/mol. The van der Waals surface area contributed by atoms with Gasteiger partial charge in [0.2, 0.25) is 0 Å². The van der Waals surface area contributed by atoms with Crippen molar-refractivity contribution >= 4 is 17.4 Å². The Kier molecular flexibility index (Phi) is 3.46. The highest BCUT2D eigenvalue weighted by Gasteiger charge is 2.22. The van der Waals surface area contributed by atoms with Gasteiger partial charge in [-0.05, 0) is 31.4 Å². The van der Waals surface area contributed by atoms with Crippen molar-refractivity contribution in [2.75, 3.05) is 0 Å². The molecule has 1 aliphatic carbocycles. The van der Waals surface area contributed by atoms with E-state index in [2.05, 4.69) is 0 Å². The topological polar surface area (TPSA) is 69.2 Å². The maximum atomic E-state index is 10.5. The normalized spacial score (nSPS) is 24.6. The molecule has 2 atom stereocenters. The van der Waals surface area contributed by atoms with E-state index in [9.17, 15) is 10.1 Å². The monoisotopic (exact) mass is 238 g/mol. The lowest BCUT2D eigenvalue weighted by molar-refractivity contribution is -0.384. The molecule has 86 valence electrons. The van der Waals surface area contributed by atoms with Gasteiger partial charge in [-0.3, -0.25) is 10.1 Å².